The number of nitro groups is 1. The molecule has 1 heterocycles. The average Bonchev–Trinajstić information content (AvgIpc) is 3.15. The Hall–Kier alpha value is -2.33. The van der Waals surface area contributed by atoms with E-state index in [1.807, 2.05) is 0 Å². The monoisotopic (exact) mass is 310 g/mol. The minimum Gasteiger partial charge on any atom is -0.420 e. The molecule has 1 aromatic heterocycles. The fraction of sp³-hybridized carbons (Fsp3) is 0.273. The summed E-state index contributed by atoms with van der Waals surface area (Å²) in [5.41, 5.74) is -0.327. The normalized spacial score (nSPS) is 15.1. The van der Waals surface area contributed by atoms with Gasteiger partial charge in [-0.3, -0.25) is 10.1 Å². The molecule has 0 radical (unpaired) electrons. The third kappa shape index (κ3) is 2.62. The van der Waals surface area contributed by atoms with Gasteiger partial charge in [-0.05, 0) is 18.9 Å². The van der Waals surface area contributed by atoms with Crippen LogP contribution in [0.25, 0.3) is 11.5 Å². The van der Waals surface area contributed by atoms with Gasteiger partial charge in [-0.15, -0.1) is 10.2 Å². The molecular weight excluding hydrogens is 300 g/mol. The Balaban J connectivity index is 2.13. The van der Waals surface area contributed by atoms with Gasteiger partial charge in [0, 0.05) is 18.1 Å². The smallest absolute Gasteiger partial charge is 0.270 e. The lowest BCUT2D eigenvalue weighted by atomic mass is 10.2. The summed E-state index contributed by atoms with van der Waals surface area (Å²) < 4.78 is 28.7. The van der Waals surface area contributed by atoms with Crippen LogP contribution in [0.4, 0.5) is 5.69 Å². The van der Waals surface area contributed by atoms with Crippen LogP contribution < -0.4 is 5.14 Å². The van der Waals surface area contributed by atoms with Gasteiger partial charge < -0.3 is 4.42 Å². The maximum Gasteiger partial charge on any atom is 0.270 e. The zero-order chi connectivity index (χ0) is 15.2. The lowest BCUT2D eigenvalue weighted by Crippen LogP contribution is -2.13. The van der Waals surface area contributed by atoms with E-state index in [0.29, 0.717) is 5.89 Å². The summed E-state index contributed by atoms with van der Waals surface area (Å²) in [7, 11) is -4.17. The molecule has 1 aliphatic carbocycles. The lowest BCUT2D eigenvalue weighted by Gasteiger charge is -2.03. The van der Waals surface area contributed by atoms with Crippen molar-refractivity contribution in [1.82, 2.24) is 10.2 Å². The number of hydrogen-bond acceptors (Lipinski definition) is 7. The second-order valence-corrected chi connectivity index (χ2v) is 6.23. The maximum absolute atomic E-state index is 11.6. The van der Waals surface area contributed by atoms with Crippen LogP contribution in [-0.2, 0) is 10.0 Å². The zero-order valence-electron chi connectivity index (χ0n) is 10.6. The number of benzene rings is 1. The van der Waals surface area contributed by atoms with Crippen LogP contribution in [0.5, 0.6) is 0 Å². The summed E-state index contributed by atoms with van der Waals surface area (Å²) in [5, 5.41) is 23.5. The summed E-state index contributed by atoms with van der Waals surface area (Å²) in [6.45, 7) is 0. The van der Waals surface area contributed by atoms with Crippen LogP contribution in [-0.4, -0.2) is 23.5 Å². The highest BCUT2D eigenvalue weighted by molar-refractivity contribution is 7.89. The number of nitrogens with zero attached hydrogens (tertiary/aromatic N) is 3. The van der Waals surface area contributed by atoms with E-state index in [0.717, 1.165) is 25.0 Å². The molecule has 10 heteroatoms. The molecule has 0 spiro atoms. The quantitative estimate of drug-likeness (QED) is 0.659. The van der Waals surface area contributed by atoms with Crippen molar-refractivity contribution in [2.45, 2.75) is 23.7 Å². The second-order valence-electron chi connectivity index (χ2n) is 4.70. The molecule has 0 amide bonds. The van der Waals surface area contributed by atoms with Crippen molar-refractivity contribution < 1.29 is 17.8 Å². The van der Waals surface area contributed by atoms with Crippen LogP contribution in [0.2, 0.25) is 0 Å². The molecule has 0 unspecified atom stereocenters. The maximum atomic E-state index is 11.6. The highest BCUT2D eigenvalue weighted by Gasteiger charge is 2.30. The van der Waals surface area contributed by atoms with E-state index in [-0.39, 0.29) is 23.1 Å². The molecule has 21 heavy (non-hydrogen) atoms. The van der Waals surface area contributed by atoms with Gasteiger partial charge >= 0.3 is 0 Å². The topological polar surface area (TPSA) is 142 Å². The van der Waals surface area contributed by atoms with Crippen molar-refractivity contribution in [3.05, 3.63) is 34.2 Å². The molecule has 1 saturated carbocycles. The Morgan fingerprint density at radius 3 is 2.62 bits per heavy atom. The van der Waals surface area contributed by atoms with Gasteiger partial charge in [-0.25, -0.2) is 13.6 Å². The third-order valence-electron chi connectivity index (χ3n) is 3.08. The third-order valence-corrected chi connectivity index (χ3v) is 4.03. The van der Waals surface area contributed by atoms with Crippen LogP contribution in [0.15, 0.2) is 27.5 Å². The number of sulfonamides is 1. The van der Waals surface area contributed by atoms with Crippen molar-refractivity contribution in [1.29, 1.82) is 0 Å². The fourth-order valence-electron chi connectivity index (χ4n) is 1.88. The first-order chi connectivity index (χ1) is 9.86. The van der Waals surface area contributed by atoms with Gasteiger partial charge in [0.25, 0.3) is 5.69 Å². The molecule has 0 saturated heterocycles. The Morgan fingerprint density at radius 2 is 2.05 bits per heavy atom. The summed E-state index contributed by atoms with van der Waals surface area (Å²) in [4.78, 5) is 9.63. The minimum atomic E-state index is -4.17. The summed E-state index contributed by atoms with van der Waals surface area (Å²) in [6, 6.07) is 3.28. The lowest BCUT2D eigenvalue weighted by molar-refractivity contribution is -0.385. The molecule has 1 fully saturated rings. The highest BCUT2D eigenvalue weighted by atomic mass is 32.2. The number of hydrogen-bond donors (Lipinski definition) is 1. The van der Waals surface area contributed by atoms with Gasteiger partial charge in [0.05, 0.1) is 10.5 Å². The van der Waals surface area contributed by atoms with E-state index in [1.165, 1.54) is 6.07 Å². The predicted molar refractivity (Wildman–Crippen MR) is 69.7 cm³/mol. The predicted octanol–water partition coefficient (Wildman–Crippen LogP) is 1.17. The number of nitrogens with two attached hydrogens (primary N) is 1. The van der Waals surface area contributed by atoms with Gasteiger partial charge in [-0.2, -0.15) is 0 Å². The number of primary sulfonamides is 1. The average molecular weight is 310 g/mol. The molecule has 3 rings (SSSR count). The van der Waals surface area contributed by atoms with Crippen molar-refractivity contribution in [2.75, 3.05) is 0 Å². The van der Waals surface area contributed by atoms with E-state index < -0.39 is 19.8 Å². The molecular formula is C11H10N4O5S. The zero-order valence-corrected chi connectivity index (χ0v) is 11.4. The molecule has 2 N–H and O–H groups in total. The highest BCUT2D eigenvalue weighted by Crippen LogP contribution is 2.40. The van der Waals surface area contributed by atoms with E-state index in [9.17, 15) is 18.5 Å². The number of nitro benzene ring substituents is 1. The van der Waals surface area contributed by atoms with Crippen LogP contribution >= 0.6 is 0 Å². The Kier molecular flexibility index (Phi) is 2.99. The summed E-state index contributed by atoms with van der Waals surface area (Å²) in [6.07, 6.45) is 1.90. The molecule has 0 aliphatic heterocycles. The first kappa shape index (κ1) is 13.6. The Morgan fingerprint density at radius 1 is 1.33 bits per heavy atom. The molecule has 110 valence electrons. The Bertz CT molecular complexity index is 825. The number of aromatic nitrogens is 2. The molecule has 0 atom stereocenters. The SMILES string of the molecule is NS(=O)(=O)c1cc([N+](=O)[O-])ccc1-c1nnc(C2CC2)o1. The second kappa shape index (κ2) is 4.60. The van der Waals surface area contributed by atoms with Crippen molar-refractivity contribution in [3.63, 3.8) is 0 Å². The summed E-state index contributed by atoms with van der Waals surface area (Å²) in [5.74, 6) is 0.627. The Labute approximate surface area is 119 Å². The van der Waals surface area contributed by atoms with Gasteiger partial charge in [-0.1, -0.05) is 0 Å². The molecule has 0 bridgehead atoms. The molecule has 1 aromatic carbocycles. The summed E-state index contributed by atoms with van der Waals surface area (Å²) >= 11 is 0. The van der Waals surface area contributed by atoms with Gasteiger partial charge in [0.1, 0.15) is 4.90 Å². The van der Waals surface area contributed by atoms with E-state index in [1.54, 1.807) is 0 Å². The first-order valence-corrected chi connectivity index (χ1v) is 7.56. The van der Waals surface area contributed by atoms with Crippen molar-refractivity contribution in [3.8, 4) is 11.5 Å². The first-order valence-electron chi connectivity index (χ1n) is 6.01. The van der Waals surface area contributed by atoms with Gasteiger partial charge in [0.15, 0.2) is 0 Å². The number of rotatable bonds is 4. The molecule has 1 aliphatic rings. The number of non-ortho nitro benzene ring substituents is 1. The molecule has 2 aromatic rings. The van der Waals surface area contributed by atoms with Gasteiger partial charge in [0.2, 0.25) is 21.8 Å². The largest absolute Gasteiger partial charge is 0.420 e. The van der Waals surface area contributed by atoms with Crippen molar-refractivity contribution >= 4 is 15.7 Å². The van der Waals surface area contributed by atoms with Crippen LogP contribution in [0.1, 0.15) is 24.7 Å². The molecule has 9 nitrogen and oxygen atoms in total. The fourth-order valence-corrected chi connectivity index (χ4v) is 2.62. The van der Waals surface area contributed by atoms with E-state index in [2.05, 4.69) is 10.2 Å². The van der Waals surface area contributed by atoms with E-state index >= 15 is 0 Å². The van der Waals surface area contributed by atoms with E-state index in [4.69, 9.17) is 9.56 Å². The van der Waals surface area contributed by atoms with Crippen LogP contribution in [0, 0.1) is 10.1 Å². The van der Waals surface area contributed by atoms with Crippen LogP contribution in [0.3, 0.4) is 0 Å². The van der Waals surface area contributed by atoms with Crippen molar-refractivity contribution in [2.24, 2.45) is 5.14 Å². The minimum absolute atomic E-state index is 0.0178. The standard InChI is InChI=1S/C11H10N4O5S/c12-21(18,19)9-5-7(15(16)17)3-4-8(9)11-14-13-10(20-11)6-1-2-6/h3-6H,1-2H2,(H2,12,18,19).